The quantitative estimate of drug-likeness (QED) is 0.190. The average Bonchev–Trinajstić information content (AvgIpc) is 2.26. The summed E-state index contributed by atoms with van der Waals surface area (Å²) in [5.74, 6) is 0.250. The van der Waals surface area contributed by atoms with E-state index in [0.29, 0.717) is 0 Å². The standard InChI is InChI=1S/2C3H6N6.CHNO/c2*4-1-7-2(5)9-3(6)8-1;2-1-3/h2*(H6,4,5,6,7,8,9);2H. The van der Waals surface area contributed by atoms with E-state index < -0.39 is 0 Å². The number of nitrogens with zero attached hydrogens (tertiary/aromatic N) is 6. The number of hydrogen-bond acceptors (Lipinski definition) is 14. The Bertz CT molecular complexity index is 471. The summed E-state index contributed by atoms with van der Waals surface area (Å²) < 4.78 is 0. The lowest BCUT2D eigenvalue weighted by Gasteiger charge is -1.93. The van der Waals surface area contributed by atoms with Crippen molar-refractivity contribution < 1.29 is 4.79 Å². The van der Waals surface area contributed by atoms with Crippen LogP contribution in [0.4, 0.5) is 35.7 Å². The highest BCUT2D eigenvalue weighted by molar-refractivity contribution is 5.34. The summed E-state index contributed by atoms with van der Waals surface area (Å²) in [6.07, 6.45) is 0.750. The maximum Gasteiger partial charge on any atom is 0.231 e. The third-order valence-electron chi connectivity index (χ3n) is 1.37. The monoisotopic (exact) mass is 295 g/mol. The van der Waals surface area contributed by atoms with Gasteiger partial charge in [0, 0.05) is 0 Å². The summed E-state index contributed by atoms with van der Waals surface area (Å²) in [6.45, 7) is 0. The zero-order valence-electron chi connectivity index (χ0n) is 10.6. The number of carbonyl (C=O) groups excluding carboxylic acids is 1. The summed E-state index contributed by atoms with van der Waals surface area (Å²) >= 11 is 0. The number of rotatable bonds is 0. The lowest BCUT2D eigenvalue weighted by molar-refractivity contribution is 0.563. The van der Waals surface area contributed by atoms with Gasteiger partial charge in [-0.1, -0.05) is 0 Å². The van der Waals surface area contributed by atoms with Gasteiger partial charge in [-0.25, -0.2) is 10.2 Å². The number of hydrogen-bond donors (Lipinski definition) is 7. The van der Waals surface area contributed by atoms with Gasteiger partial charge < -0.3 is 34.4 Å². The Hall–Kier alpha value is -3.80. The molecule has 0 atom stereocenters. The minimum Gasteiger partial charge on any atom is -0.368 e. The van der Waals surface area contributed by atoms with Crippen molar-refractivity contribution in [2.75, 3.05) is 34.4 Å². The molecule has 21 heavy (non-hydrogen) atoms. The maximum atomic E-state index is 8.35. The second-order valence-corrected chi connectivity index (χ2v) is 2.92. The van der Waals surface area contributed by atoms with Crippen molar-refractivity contribution in [1.29, 1.82) is 5.41 Å². The van der Waals surface area contributed by atoms with Crippen LogP contribution in [0.15, 0.2) is 0 Å². The topological polar surface area (TPSA) is 274 Å². The number of aromatic nitrogens is 6. The average molecular weight is 295 g/mol. The van der Waals surface area contributed by atoms with Crippen LogP contribution in [0.25, 0.3) is 0 Å². The van der Waals surface area contributed by atoms with Crippen LogP contribution in [0.1, 0.15) is 0 Å². The molecule has 0 bridgehead atoms. The Morgan fingerprint density at radius 2 is 0.667 bits per heavy atom. The van der Waals surface area contributed by atoms with Crippen molar-refractivity contribution >= 4 is 41.8 Å². The summed E-state index contributed by atoms with van der Waals surface area (Å²) in [4.78, 5) is 29.3. The van der Waals surface area contributed by atoms with E-state index in [-0.39, 0.29) is 35.7 Å². The van der Waals surface area contributed by atoms with Gasteiger partial charge in [-0.3, -0.25) is 0 Å². The molecule has 2 aromatic heterocycles. The van der Waals surface area contributed by atoms with Crippen molar-refractivity contribution in [3.05, 3.63) is 0 Å². The van der Waals surface area contributed by atoms with Crippen LogP contribution in [0.5, 0.6) is 0 Å². The van der Waals surface area contributed by atoms with E-state index in [1.54, 1.807) is 0 Å². The van der Waals surface area contributed by atoms with Crippen LogP contribution in [-0.4, -0.2) is 36.0 Å². The van der Waals surface area contributed by atoms with Crippen molar-refractivity contribution in [3.63, 3.8) is 0 Å². The SMILES string of the molecule is N=C=O.Nc1nc(N)nc(N)n1.Nc1nc(N)nc(N)n1. The van der Waals surface area contributed by atoms with Crippen LogP contribution in [0.2, 0.25) is 0 Å². The Kier molecular flexibility index (Phi) is 6.82. The van der Waals surface area contributed by atoms with Crippen molar-refractivity contribution in [1.82, 2.24) is 29.9 Å². The fourth-order valence-corrected chi connectivity index (χ4v) is 0.854. The zero-order chi connectivity index (χ0) is 16.4. The Morgan fingerprint density at radius 1 is 0.571 bits per heavy atom. The Morgan fingerprint density at radius 3 is 0.762 bits per heavy atom. The summed E-state index contributed by atoms with van der Waals surface area (Å²) in [5.41, 5.74) is 30.8. The second-order valence-electron chi connectivity index (χ2n) is 2.92. The van der Waals surface area contributed by atoms with E-state index in [0.717, 1.165) is 6.08 Å². The smallest absolute Gasteiger partial charge is 0.231 e. The molecule has 2 rings (SSSR count). The van der Waals surface area contributed by atoms with Crippen molar-refractivity contribution in [2.24, 2.45) is 0 Å². The minimum absolute atomic E-state index is 0.0417. The van der Waals surface area contributed by atoms with Crippen LogP contribution >= 0.6 is 0 Å². The van der Waals surface area contributed by atoms with Crippen LogP contribution in [-0.2, 0) is 4.79 Å². The fraction of sp³-hybridized carbons (Fsp3) is 0. The molecule has 13 N–H and O–H groups in total. The molecule has 0 radical (unpaired) electrons. The highest BCUT2D eigenvalue weighted by Gasteiger charge is 1.94. The first-order chi connectivity index (χ1) is 9.78. The summed E-state index contributed by atoms with van der Waals surface area (Å²) in [5, 5.41) is 5.40. The van der Waals surface area contributed by atoms with Crippen LogP contribution < -0.4 is 34.4 Å². The van der Waals surface area contributed by atoms with Gasteiger partial charge in [-0.15, -0.1) is 0 Å². The lowest BCUT2D eigenvalue weighted by atomic mass is 10.9. The van der Waals surface area contributed by atoms with E-state index in [1.165, 1.54) is 0 Å². The molecule has 14 nitrogen and oxygen atoms in total. The summed E-state index contributed by atoms with van der Waals surface area (Å²) in [7, 11) is 0. The van der Waals surface area contributed by atoms with Crippen molar-refractivity contribution in [2.45, 2.75) is 0 Å². The third-order valence-corrected chi connectivity index (χ3v) is 1.37. The summed E-state index contributed by atoms with van der Waals surface area (Å²) in [6, 6.07) is 0. The normalized spacial score (nSPS) is 8.38. The van der Waals surface area contributed by atoms with Gasteiger partial charge in [0.1, 0.15) is 0 Å². The number of nitrogens with two attached hydrogens (primary N) is 6. The third kappa shape index (κ3) is 8.01. The molecular weight excluding hydrogens is 282 g/mol. The molecule has 14 heteroatoms. The highest BCUT2D eigenvalue weighted by atomic mass is 16.1. The first-order valence-corrected chi connectivity index (χ1v) is 4.87. The number of isocyanates is 1. The lowest BCUT2D eigenvalue weighted by Crippen LogP contribution is -2.05. The van der Waals surface area contributed by atoms with Gasteiger partial charge in [-0.05, 0) is 0 Å². The number of nitrogens with one attached hydrogen (secondary N) is 1. The molecule has 0 unspecified atom stereocenters. The fourth-order valence-electron chi connectivity index (χ4n) is 0.854. The first kappa shape index (κ1) is 17.2. The Balaban J connectivity index is 0.000000322. The van der Waals surface area contributed by atoms with Gasteiger partial charge in [0.25, 0.3) is 0 Å². The predicted octanol–water partition coefficient (Wildman–Crippen LogP) is -2.86. The molecule has 0 saturated carbocycles. The molecule has 0 aromatic carbocycles. The molecule has 0 saturated heterocycles. The molecule has 0 amide bonds. The minimum atomic E-state index is 0.0417. The van der Waals surface area contributed by atoms with Gasteiger partial charge in [-0.2, -0.15) is 29.9 Å². The zero-order valence-corrected chi connectivity index (χ0v) is 10.6. The Labute approximate surface area is 117 Å². The van der Waals surface area contributed by atoms with E-state index in [4.69, 9.17) is 44.6 Å². The molecule has 0 aliphatic heterocycles. The molecule has 0 spiro atoms. The van der Waals surface area contributed by atoms with Gasteiger partial charge in [0.05, 0.1) is 0 Å². The molecule has 0 fully saturated rings. The first-order valence-electron chi connectivity index (χ1n) is 4.87. The molecule has 2 aromatic rings. The van der Waals surface area contributed by atoms with E-state index in [1.807, 2.05) is 0 Å². The number of nitrogen functional groups attached to an aromatic ring is 6. The maximum absolute atomic E-state index is 8.35. The largest absolute Gasteiger partial charge is 0.368 e. The van der Waals surface area contributed by atoms with E-state index in [9.17, 15) is 0 Å². The highest BCUT2D eigenvalue weighted by Crippen LogP contribution is 1.98. The van der Waals surface area contributed by atoms with Crippen LogP contribution in [0, 0.1) is 5.41 Å². The van der Waals surface area contributed by atoms with Crippen molar-refractivity contribution in [3.8, 4) is 0 Å². The van der Waals surface area contributed by atoms with Crippen LogP contribution in [0.3, 0.4) is 0 Å². The predicted molar refractivity (Wildman–Crippen MR) is 74.5 cm³/mol. The molecule has 0 aliphatic carbocycles. The van der Waals surface area contributed by atoms with Gasteiger partial charge >= 0.3 is 0 Å². The molecular formula is C7H13N13O. The molecule has 112 valence electrons. The van der Waals surface area contributed by atoms with Gasteiger partial charge in [0.15, 0.2) is 0 Å². The van der Waals surface area contributed by atoms with Gasteiger partial charge in [0.2, 0.25) is 41.8 Å². The molecule has 2 heterocycles. The van der Waals surface area contributed by atoms with E-state index >= 15 is 0 Å². The van der Waals surface area contributed by atoms with E-state index in [2.05, 4.69) is 29.9 Å². The second kappa shape index (κ2) is 8.33. The number of anilines is 6. The molecule has 0 aliphatic rings.